The van der Waals surface area contributed by atoms with Gasteiger partial charge in [0, 0.05) is 5.69 Å². The van der Waals surface area contributed by atoms with Gasteiger partial charge < -0.3 is 10.1 Å². The summed E-state index contributed by atoms with van der Waals surface area (Å²) in [4.78, 5) is 35.3. The lowest BCUT2D eigenvalue weighted by atomic mass is 10.2. The van der Waals surface area contributed by atoms with Gasteiger partial charge in [0.15, 0.2) is 0 Å². The highest BCUT2D eigenvalue weighted by Gasteiger charge is 2.12. The van der Waals surface area contributed by atoms with Crippen molar-refractivity contribution in [3.8, 4) is 5.75 Å². The molecule has 0 saturated heterocycles. The average Bonchev–Trinajstić information content (AvgIpc) is 2.67. The molecule has 0 bridgehead atoms. The molecule has 2 aromatic rings. The Balaban J connectivity index is 1.67. The molecule has 142 valence electrons. The molecule has 0 aliphatic rings. The molecule has 3 N–H and O–H groups in total. The second-order valence-corrected chi connectivity index (χ2v) is 6.24. The third-order valence-electron chi connectivity index (χ3n) is 3.27. The third kappa shape index (κ3) is 6.63. The Hall–Kier alpha value is -3.07. The number of benzene rings is 2. The van der Waals surface area contributed by atoms with Gasteiger partial charge in [0.25, 0.3) is 5.91 Å². The van der Waals surface area contributed by atoms with Gasteiger partial charge in [0.2, 0.25) is 11.8 Å². The number of ether oxygens (including phenoxy) is 1. The fourth-order valence-corrected chi connectivity index (χ4v) is 2.60. The fraction of sp³-hybridized carbons (Fsp3) is 0.167. The maximum Gasteiger partial charge on any atom is 0.272 e. The highest BCUT2D eigenvalue weighted by Crippen LogP contribution is 2.15. The van der Waals surface area contributed by atoms with E-state index in [9.17, 15) is 18.8 Å². The molecule has 3 amide bonds. The monoisotopic (exact) mass is 391 g/mol. The van der Waals surface area contributed by atoms with E-state index in [1.54, 1.807) is 31.4 Å². The molecule has 2 rings (SSSR count). The summed E-state index contributed by atoms with van der Waals surface area (Å²) in [7, 11) is 1.55. The van der Waals surface area contributed by atoms with Crippen LogP contribution < -0.4 is 20.9 Å². The van der Waals surface area contributed by atoms with Crippen LogP contribution in [0.15, 0.2) is 48.5 Å². The van der Waals surface area contributed by atoms with E-state index in [2.05, 4.69) is 16.2 Å². The van der Waals surface area contributed by atoms with Crippen molar-refractivity contribution in [2.75, 3.05) is 23.9 Å². The van der Waals surface area contributed by atoms with Crippen molar-refractivity contribution in [2.45, 2.75) is 0 Å². The maximum absolute atomic E-state index is 13.4. The van der Waals surface area contributed by atoms with Crippen LogP contribution in [0.3, 0.4) is 0 Å². The highest BCUT2D eigenvalue weighted by atomic mass is 32.2. The number of hydrogen-bond donors (Lipinski definition) is 3. The first kappa shape index (κ1) is 20.2. The van der Waals surface area contributed by atoms with Crippen molar-refractivity contribution in [3.63, 3.8) is 0 Å². The van der Waals surface area contributed by atoms with Crippen molar-refractivity contribution in [1.29, 1.82) is 0 Å². The Kier molecular flexibility index (Phi) is 7.63. The minimum Gasteiger partial charge on any atom is -0.497 e. The molecule has 0 aliphatic carbocycles. The van der Waals surface area contributed by atoms with Gasteiger partial charge in [-0.15, -0.1) is 11.8 Å². The lowest BCUT2D eigenvalue weighted by Gasteiger charge is -2.08. The molecule has 0 aromatic heterocycles. The number of nitrogens with one attached hydrogen (secondary N) is 3. The zero-order valence-corrected chi connectivity index (χ0v) is 15.3. The molecule has 0 fully saturated rings. The maximum atomic E-state index is 13.4. The van der Waals surface area contributed by atoms with E-state index in [0.717, 1.165) is 17.8 Å². The number of rotatable bonds is 7. The highest BCUT2D eigenvalue weighted by molar-refractivity contribution is 8.00. The number of hydrazine groups is 1. The number of carbonyl (C=O) groups excluding carboxylic acids is 3. The number of halogens is 1. The number of methoxy groups -OCH3 is 1. The van der Waals surface area contributed by atoms with Crippen LogP contribution in [-0.4, -0.2) is 36.3 Å². The Morgan fingerprint density at radius 2 is 1.63 bits per heavy atom. The molecule has 0 radical (unpaired) electrons. The summed E-state index contributed by atoms with van der Waals surface area (Å²) in [6.07, 6.45) is 0. The minimum atomic E-state index is -0.760. The van der Waals surface area contributed by atoms with Crippen LogP contribution in [0.2, 0.25) is 0 Å². The zero-order valence-electron chi connectivity index (χ0n) is 14.5. The molecule has 0 spiro atoms. The van der Waals surface area contributed by atoms with Crippen LogP contribution in [0, 0.1) is 5.82 Å². The SMILES string of the molecule is COc1ccc(NC(=O)CSCC(=O)NNC(=O)c2ccccc2F)cc1. The van der Waals surface area contributed by atoms with Gasteiger partial charge in [0.05, 0.1) is 24.2 Å². The minimum absolute atomic E-state index is 0.0480. The van der Waals surface area contributed by atoms with E-state index < -0.39 is 17.6 Å². The number of anilines is 1. The number of amides is 3. The predicted octanol–water partition coefficient (Wildman–Crippen LogP) is 1.97. The lowest BCUT2D eigenvalue weighted by Crippen LogP contribution is -2.42. The van der Waals surface area contributed by atoms with Crippen LogP contribution in [0.5, 0.6) is 5.75 Å². The molecule has 27 heavy (non-hydrogen) atoms. The molecule has 9 heteroatoms. The molecule has 0 atom stereocenters. The number of thioether (sulfide) groups is 1. The van der Waals surface area contributed by atoms with Crippen LogP contribution in [-0.2, 0) is 9.59 Å². The van der Waals surface area contributed by atoms with Gasteiger partial charge >= 0.3 is 0 Å². The van der Waals surface area contributed by atoms with E-state index in [1.165, 1.54) is 18.2 Å². The molecule has 0 aliphatic heterocycles. The summed E-state index contributed by atoms with van der Waals surface area (Å²) in [5, 5.41) is 2.69. The predicted molar refractivity (Wildman–Crippen MR) is 101 cm³/mol. The Morgan fingerprint density at radius 3 is 2.30 bits per heavy atom. The van der Waals surface area contributed by atoms with Crippen LogP contribution in [0.1, 0.15) is 10.4 Å². The van der Waals surface area contributed by atoms with Crippen LogP contribution in [0.25, 0.3) is 0 Å². The third-order valence-corrected chi connectivity index (χ3v) is 4.21. The van der Waals surface area contributed by atoms with Crippen molar-refractivity contribution in [1.82, 2.24) is 10.9 Å². The van der Waals surface area contributed by atoms with E-state index in [4.69, 9.17) is 4.74 Å². The normalized spacial score (nSPS) is 10.0. The topological polar surface area (TPSA) is 96.5 Å². The second kappa shape index (κ2) is 10.2. The zero-order chi connectivity index (χ0) is 19.6. The Bertz CT molecular complexity index is 815. The molecule has 0 saturated carbocycles. The van der Waals surface area contributed by atoms with Gasteiger partial charge in [-0.25, -0.2) is 4.39 Å². The van der Waals surface area contributed by atoms with E-state index >= 15 is 0 Å². The second-order valence-electron chi connectivity index (χ2n) is 5.25. The average molecular weight is 391 g/mol. The molecular weight excluding hydrogens is 373 g/mol. The van der Waals surface area contributed by atoms with Gasteiger partial charge in [-0.05, 0) is 36.4 Å². The molecular formula is C18H18FN3O4S. The largest absolute Gasteiger partial charge is 0.497 e. The summed E-state index contributed by atoms with van der Waals surface area (Å²) in [5.41, 5.74) is 4.73. The summed E-state index contributed by atoms with van der Waals surface area (Å²) in [6.45, 7) is 0. The smallest absolute Gasteiger partial charge is 0.272 e. The van der Waals surface area contributed by atoms with Gasteiger partial charge in [-0.3, -0.25) is 25.2 Å². The van der Waals surface area contributed by atoms with E-state index in [0.29, 0.717) is 11.4 Å². The van der Waals surface area contributed by atoms with Gasteiger partial charge in [0.1, 0.15) is 11.6 Å². The summed E-state index contributed by atoms with van der Waals surface area (Å²) < 4.78 is 18.5. The van der Waals surface area contributed by atoms with Gasteiger partial charge in [-0.1, -0.05) is 12.1 Å². The van der Waals surface area contributed by atoms with Crippen LogP contribution in [0.4, 0.5) is 10.1 Å². The molecule has 7 nitrogen and oxygen atoms in total. The summed E-state index contributed by atoms with van der Waals surface area (Å²) in [6, 6.07) is 12.3. The van der Waals surface area contributed by atoms with E-state index in [1.807, 2.05) is 0 Å². The number of hydrogen-bond acceptors (Lipinski definition) is 5. The fourth-order valence-electron chi connectivity index (χ4n) is 1.98. The van der Waals surface area contributed by atoms with Crippen molar-refractivity contribution in [3.05, 3.63) is 59.9 Å². The van der Waals surface area contributed by atoms with Crippen molar-refractivity contribution in [2.24, 2.45) is 0 Å². The van der Waals surface area contributed by atoms with Crippen LogP contribution >= 0.6 is 11.8 Å². The molecule has 0 heterocycles. The molecule has 2 aromatic carbocycles. The molecule has 0 unspecified atom stereocenters. The Labute approximate surface area is 159 Å². The summed E-state index contributed by atoms with van der Waals surface area (Å²) >= 11 is 1.07. The Morgan fingerprint density at radius 1 is 0.963 bits per heavy atom. The first-order valence-electron chi connectivity index (χ1n) is 7.85. The first-order chi connectivity index (χ1) is 13.0. The summed E-state index contributed by atoms with van der Waals surface area (Å²) in [5.74, 6) is -1.54. The standard InChI is InChI=1S/C18H18FN3O4S/c1-26-13-8-6-12(7-9-13)20-16(23)10-27-11-17(24)21-22-18(25)14-4-2-3-5-15(14)19/h2-9H,10-11H2,1H3,(H,20,23)(H,21,24)(H,22,25). The first-order valence-corrected chi connectivity index (χ1v) is 9.00. The number of carbonyl (C=O) groups is 3. The van der Waals surface area contributed by atoms with Crippen molar-refractivity contribution >= 4 is 35.2 Å². The lowest BCUT2D eigenvalue weighted by molar-refractivity contribution is -0.119. The van der Waals surface area contributed by atoms with Crippen molar-refractivity contribution < 1.29 is 23.5 Å². The quantitative estimate of drug-likeness (QED) is 0.627. The van der Waals surface area contributed by atoms with E-state index in [-0.39, 0.29) is 23.0 Å². The van der Waals surface area contributed by atoms with Gasteiger partial charge in [-0.2, -0.15) is 0 Å².